The van der Waals surface area contributed by atoms with Crippen molar-refractivity contribution in [2.45, 2.75) is 25.8 Å². The predicted octanol–water partition coefficient (Wildman–Crippen LogP) is 3.59. The molecule has 2 heterocycles. The second-order valence-electron chi connectivity index (χ2n) is 5.22. The van der Waals surface area contributed by atoms with E-state index in [1.54, 1.807) is 0 Å². The van der Waals surface area contributed by atoms with Gasteiger partial charge in [-0.2, -0.15) is 0 Å². The van der Waals surface area contributed by atoms with E-state index in [9.17, 15) is 0 Å². The standard InChI is InChI=1S/C15H18ClN3O/c1-11(12-7-9-20-10-8-12)19-14(17-18-15(19)16)13-5-3-2-4-6-13/h2-6,11-12H,7-10H2,1H3. The van der Waals surface area contributed by atoms with Crippen LogP contribution in [0.1, 0.15) is 25.8 Å². The maximum Gasteiger partial charge on any atom is 0.225 e. The van der Waals surface area contributed by atoms with E-state index in [-0.39, 0.29) is 6.04 Å². The molecule has 5 heteroatoms. The van der Waals surface area contributed by atoms with Crippen molar-refractivity contribution in [3.63, 3.8) is 0 Å². The van der Waals surface area contributed by atoms with Gasteiger partial charge in [0, 0.05) is 24.8 Å². The van der Waals surface area contributed by atoms with Crippen molar-refractivity contribution in [3.8, 4) is 11.4 Å². The molecule has 0 saturated carbocycles. The fourth-order valence-corrected chi connectivity index (χ4v) is 3.10. The summed E-state index contributed by atoms with van der Waals surface area (Å²) >= 11 is 6.27. The summed E-state index contributed by atoms with van der Waals surface area (Å²) in [6.45, 7) is 3.85. The van der Waals surface area contributed by atoms with Gasteiger partial charge in [-0.1, -0.05) is 30.3 Å². The van der Waals surface area contributed by atoms with Gasteiger partial charge in [-0.3, -0.25) is 4.57 Å². The van der Waals surface area contributed by atoms with Crippen LogP contribution in [0.3, 0.4) is 0 Å². The van der Waals surface area contributed by atoms with Crippen LogP contribution in [0.2, 0.25) is 5.28 Å². The fourth-order valence-electron chi connectivity index (χ4n) is 2.83. The number of ether oxygens (including phenoxy) is 1. The molecule has 1 aromatic heterocycles. The van der Waals surface area contributed by atoms with Crippen LogP contribution >= 0.6 is 11.6 Å². The first kappa shape index (κ1) is 13.6. The van der Waals surface area contributed by atoms with Gasteiger partial charge in [0.25, 0.3) is 0 Å². The summed E-state index contributed by atoms with van der Waals surface area (Å²) in [7, 11) is 0. The van der Waals surface area contributed by atoms with Gasteiger partial charge in [-0.15, -0.1) is 10.2 Å². The third-order valence-electron chi connectivity index (χ3n) is 4.04. The lowest BCUT2D eigenvalue weighted by Crippen LogP contribution is -2.24. The number of benzene rings is 1. The van der Waals surface area contributed by atoms with Crippen molar-refractivity contribution >= 4 is 11.6 Å². The van der Waals surface area contributed by atoms with Crippen LogP contribution in [-0.4, -0.2) is 28.0 Å². The van der Waals surface area contributed by atoms with Crippen molar-refractivity contribution < 1.29 is 4.74 Å². The molecule has 0 bridgehead atoms. The van der Waals surface area contributed by atoms with Gasteiger partial charge < -0.3 is 4.74 Å². The van der Waals surface area contributed by atoms with Gasteiger partial charge in [0.15, 0.2) is 5.82 Å². The minimum Gasteiger partial charge on any atom is -0.381 e. The highest BCUT2D eigenvalue weighted by molar-refractivity contribution is 6.28. The number of hydrogen-bond acceptors (Lipinski definition) is 3. The predicted molar refractivity (Wildman–Crippen MR) is 78.7 cm³/mol. The van der Waals surface area contributed by atoms with Gasteiger partial charge >= 0.3 is 0 Å². The smallest absolute Gasteiger partial charge is 0.225 e. The molecule has 0 amide bonds. The summed E-state index contributed by atoms with van der Waals surface area (Å²) in [5, 5.41) is 8.77. The Morgan fingerprint density at radius 2 is 1.90 bits per heavy atom. The molecule has 1 unspecified atom stereocenters. The molecule has 1 atom stereocenters. The maximum atomic E-state index is 6.27. The molecule has 106 valence electrons. The lowest BCUT2D eigenvalue weighted by molar-refractivity contribution is 0.0515. The second-order valence-corrected chi connectivity index (χ2v) is 5.56. The van der Waals surface area contributed by atoms with Crippen LogP contribution < -0.4 is 0 Å². The molecule has 1 fully saturated rings. The van der Waals surface area contributed by atoms with Crippen LogP contribution in [0.25, 0.3) is 11.4 Å². The minimum absolute atomic E-state index is 0.275. The van der Waals surface area contributed by atoms with Crippen LogP contribution in [-0.2, 0) is 4.74 Å². The molecular formula is C15H18ClN3O. The lowest BCUT2D eigenvalue weighted by Gasteiger charge is -2.29. The maximum absolute atomic E-state index is 6.27. The minimum atomic E-state index is 0.275. The number of aromatic nitrogens is 3. The number of nitrogens with zero attached hydrogens (tertiary/aromatic N) is 3. The molecule has 0 spiro atoms. The Balaban J connectivity index is 1.94. The van der Waals surface area contributed by atoms with E-state index in [0.29, 0.717) is 11.2 Å². The summed E-state index contributed by atoms with van der Waals surface area (Å²) in [5.74, 6) is 1.40. The SMILES string of the molecule is CC(C1CCOCC1)n1c(Cl)nnc1-c1ccccc1. The highest BCUT2D eigenvalue weighted by Gasteiger charge is 2.26. The van der Waals surface area contributed by atoms with Crippen molar-refractivity contribution in [2.24, 2.45) is 5.92 Å². The molecule has 1 saturated heterocycles. The number of halogens is 1. The Morgan fingerprint density at radius 1 is 1.20 bits per heavy atom. The Morgan fingerprint density at radius 3 is 2.60 bits per heavy atom. The Bertz CT molecular complexity index is 564. The first-order chi connectivity index (χ1) is 9.77. The topological polar surface area (TPSA) is 39.9 Å². The van der Waals surface area contributed by atoms with Gasteiger partial charge in [0.1, 0.15) is 0 Å². The van der Waals surface area contributed by atoms with E-state index in [2.05, 4.69) is 17.1 Å². The molecule has 2 aromatic rings. The molecule has 1 aliphatic rings. The first-order valence-corrected chi connectivity index (χ1v) is 7.38. The summed E-state index contributed by atoms with van der Waals surface area (Å²) in [5.41, 5.74) is 1.05. The molecule has 1 aromatic carbocycles. The van der Waals surface area contributed by atoms with Crippen molar-refractivity contribution in [2.75, 3.05) is 13.2 Å². The number of rotatable bonds is 3. The third kappa shape index (κ3) is 2.58. The zero-order chi connectivity index (χ0) is 13.9. The van der Waals surface area contributed by atoms with E-state index >= 15 is 0 Å². The van der Waals surface area contributed by atoms with Gasteiger partial charge in [-0.05, 0) is 37.3 Å². The quantitative estimate of drug-likeness (QED) is 0.868. The first-order valence-electron chi connectivity index (χ1n) is 7.01. The van der Waals surface area contributed by atoms with E-state index in [0.717, 1.165) is 37.4 Å². The van der Waals surface area contributed by atoms with Crippen LogP contribution in [0.4, 0.5) is 0 Å². The summed E-state index contributed by atoms with van der Waals surface area (Å²) < 4.78 is 7.49. The normalized spacial score (nSPS) is 18.1. The van der Waals surface area contributed by atoms with Gasteiger partial charge in [0.05, 0.1) is 0 Å². The molecule has 4 nitrogen and oxygen atoms in total. The Hall–Kier alpha value is -1.39. The molecule has 1 aliphatic heterocycles. The van der Waals surface area contributed by atoms with Crippen molar-refractivity contribution in [1.82, 2.24) is 14.8 Å². The largest absolute Gasteiger partial charge is 0.381 e. The molecule has 0 radical (unpaired) electrons. The van der Waals surface area contributed by atoms with Crippen molar-refractivity contribution in [1.29, 1.82) is 0 Å². The van der Waals surface area contributed by atoms with Crippen LogP contribution in [0.15, 0.2) is 30.3 Å². The zero-order valence-corrected chi connectivity index (χ0v) is 12.3. The Kier molecular flexibility index (Phi) is 4.03. The Labute approximate surface area is 123 Å². The lowest BCUT2D eigenvalue weighted by atomic mass is 9.92. The molecule has 3 rings (SSSR count). The highest BCUT2D eigenvalue weighted by Crippen LogP contribution is 2.33. The van der Waals surface area contributed by atoms with E-state index < -0.39 is 0 Å². The summed E-state index contributed by atoms with van der Waals surface area (Å²) in [6.07, 6.45) is 2.12. The average Bonchev–Trinajstić information content (AvgIpc) is 2.90. The fraction of sp³-hybridized carbons (Fsp3) is 0.467. The monoisotopic (exact) mass is 291 g/mol. The van der Waals surface area contributed by atoms with Gasteiger partial charge in [0.2, 0.25) is 5.28 Å². The number of hydrogen-bond donors (Lipinski definition) is 0. The average molecular weight is 292 g/mol. The van der Waals surface area contributed by atoms with Crippen LogP contribution in [0.5, 0.6) is 0 Å². The highest BCUT2D eigenvalue weighted by atomic mass is 35.5. The molecule has 0 aliphatic carbocycles. The van der Waals surface area contributed by atoms with E-state index in [1.807, 2.05) is 34.9 Å². The summed E-state index contributed by atoms with van der Waals surface area (Å²) in [6, 6.07) is 10.3. The van der Waals surface area contributed by atoms with Crippen LogP contribution in [0, 0.1) is 5.92 Å². The molecule has 0 N–H and O–H groups in total. The van der Waals surface area contributed by atoms with E-state index in [1.165, 1.54) is 0 Å². The molecular weight excluding hydrogens is 274 g/mol. The van der Waals surface area contributed by atoms with E-state index in [4.69, 9.17) is 16.3 Å². The third-order valence-corrected chi connectivity index (χ3v) is 4.30. The van der Waals surface area contributed by atoms with Gasteiger partial charge in [-0.25, -0.2) is 0 Å². The molecule has 20 heavy (non-hydrogen) atoms. The zero-order valence-electron chi connectivity index (χ0n) is 11.5. The summed E-state index contributed by atoms with van der Waals surface area (Å²) in [4.78, 5) is 0. The second kappa shape index (κ2) is 5.94. The van der Waals surface area contributed by atoms with Crippen molar-refractivity contribution in [3.05, 3.63) is 35.6 Å².